The summed E-state index contributed by atoms with van der Waals surface area (Å²) >= 11 is 5.63. The molecule has 0 aliphatic carbocycles. The first-order valence-corrected chi connectivity index (χ1v) is 4.39. The molecule has 3 nitrogen and oxygen atoms in total. The smallest absolute Gasteiger partial charge is 0.122 e. The van der Waals surface area contributed by atoms with Crippen molar-refractivity contribution >= 4 is 11.6 Å². The summed E-state index contributed by atoms with van der Waals surface area (Å²) in [4.78, 5) is 0. The Morgan fingerprint density at radius 1 is 1.46 bits per heavy atom. The molecule has 13 heavy (non-hydrogen) atoms. The average Bonchev–Trinajstić information content (AvgIpc) is 2.04. The molecule has 1 aromatic carbocycles. The summed E-state index contributed by atoms with van der Waals surface area (Å²) in [6.07, 6.45) is -0.294. The van der Waals surface area contributed by atoms with Crippen molar-refractivity contribution in [3.05, 3.63) is 28.8 Å². The van der Waals surface area contributed by atoms with Gasteiger partial charge in [-0.15, -0.1) is 0 Å². The summed E-state index contributed by atoms with van der Waals surface area (Å²) in [6.45, 7) is 0.378. The van der Waals surface area contributed by atoms with Crippen LogP contribution in [0.15, 0.2) is 18.2 Å². The van der Waals surface area contributed by atoms with Crippen molar-refractivity contribution in [1.29, 1.82) is 0 Å². The Bertz CT molecular complexity index is 291. The van der Waals surface area contributed by atoms with Gasteiger partial charge in [0, 0.05) is 10.6 Å². The average molecular weight is 202 g/mol. The molecule has 1 unspecified atom stereocenters. The molecule has 4 heteroatoms. The molecule has 0 bridgehead atoms. The van der Waals surface area contributed by atoms with Crippen LogP contribution in [-0.2, 0) is 0 Å². The summed E-state index contributed by atoms with van der Waals surface area (Å²) < 4.78 is 0. The molecule has 0 amide bonds. The number of hydrogen-bond acceptors (Lipinski definition) is 3. The van der Waals surface area contributed by atoms with Gasteiger partial charge in [0.25, 0.3) is 0 Å². The summed E-state index contributed by atoms with van der Waals surface area (Å²) in [5.74, 6) is 0.00782. The van der Waals surface area contributed by atoms with Crippen LogP contribution in [0, 0.1) is 0 Å². The van der Waals surface area contributed by atoms with E-state index in [4.69, 9.17) is 17.3 Å². The molecule has 1 rings (SSSR count). The maximum atomic E-state index is 9.51. The Morgan fingerprint density at radius 3 is 2.69 bits per heavy atom. The van der Waals surface area contributed by atoms with E-state index in [-0.39, 0.29) is 5.75 Å². The zero-order valence-electron chi connectivity index (χ0n) is 7.07. The van der Waals surface area contributed by atoms with Crippen LogP contribution in [0.5, 0.6) is 5.75 Å². The second-order valence-corrected chi connectivity index (χ2v) is 3.23. The molecule has 0 aliphatic rings. The van der Waals surface area contributed by atoms with Gasteiger partial charge in [0.1, 0.15) is 5.75 Å². The Morgan fingerprint density at radius 2 is 2.15 bits per heavy atom. The maximum Gasteiger partial charge on any atom is 0.122 e. The van der Waals surface area contributed by atoms with Crippen molar-refractivity contribution in [2.45, 2.75) is 12.5 Å². The van der Waals surface area contributed by atoms with Gasteiger partial charge in [0.05, 0.1) is 6.10 Å². The van der Waals surface area contributed by atoms with E-state index < -0.39 is 6.10 Å². The molecule has 4 N–H and O–H groups in total. The minimum atomic E-state index is -0.720. The molecule has 0 radical (unpaired) electrons. The maximum absolute atomic E-state index is 9.51. The van der Waals surface area contributed by atoms with E-state index in [2.05, 4.69) is 0 Å². The van der Waals surface area contributed by atoms with E-state index in [9.17, 15) is 10.2 Å². The predicted octanol–water partition coefficient (Wildman–Crippen LogP) is 1.43. The van der Waals surface area contributed by atoms with E-state index in [1.807, 2.05) is 0 Å². The number of hydrogen-bond donors (Lipinski definition) is 3. The molecule has 0 aromatic heterocycles. The van der Waals surface area contributed by atoms with Gasteiger partial charge in [0.15, 0.2) is 0 Å². The highest BCUT2D eigenvalue weighted by Gasteiger charge is 2.10. The summed E-state index contributed by atoms with van der Waals surface area (Å²) in [7, 11) is 0. The highest BCUT2D eigenvalue weighted by atomic mass is 35.5. The SMILES string of the molecule is NCCC(O)c1ccc(Cl)cc1O. The van der Waals surface area contributed by atoms with Gasteiger partial charge in [0.2, 0.25) is 0 Å². The van der Waals surface area contributed by atoms with Crippen molar-refractivity contribution in [3.8, 4) is 5.75 Å². The third-order valence-corrected chi connectivity index (χ3v) is 2.03. The lowest BCUT2D eigenvalue weighted by Gasteiger charge is -2.11. The van der Waals surface area contributed by atoms with Crippen LogP contribution in [-0.4, -0.2) is 16.8 Å². The van der Waals surface area contributed by atoms with Crippen LogP contribution in [0.3, 0.4) is 0 Å². The number of benzene rings is 1. The number of aromatic hydroxyl groups is 1. The van der Waals surface area contributed by atoms with Gasteiger partial charge in [-0.05, 0) is 25.1 Å². The molecule has 72 valence electrons. The van der Waals surface area contributed by atoms with E-state index in [1.54, 1.807) is 12.1 Å². The molecular formula is C9H12ClNO2. The summed E-state index contributed by atoms with van der Waals surface area (Å²) in [5.41, 5.74) is 5.75. The number of rotatable bonds is 3. The molecule has 1 aromatic rings. The van der Waals surface area contributed by atoms with Crippen LogP contribution in [0.25, 0.3) is 0 Å². The Balaban J connectivity index is 2.88. The Labute approximate surface area is 81.8 Å². The Kier molecular flexibility index (Phi) is 3.54. The van der Waals surface area contributed by atoms with Crippen molar-refractivity contribution in [2.75, 3.05) is 6.54 Å². The van der Waals surface area contributed by atoms with Crippen molar-refractivity contribution in [2.24, 2.45) is 5.73 Å². The second-order valence-electron chi connectivity index (χ2n) is 2.80. The van der Waals surface area contributed by atoms with Crippen molar-refractivity contribution in [3.63, 3.8) is 0 Å². The van der Waals surface area contributed by atoms with Crippen LogP contribution < -0.4 is 5.73 Å². The largest absolute Gasteiger partial charge is 0.508 e. The molecule has 0 aliphatic heterocycles. The van der Waals surface area contributed by atoms with Gasteiger partial charge in [-0.1, -0.05) is 17.7 Å². The molecule has 0 spiro atoms. The van der Waals surface area contributed by atoms with Crippen LogP contribution in [0.2, 0.25) is 5.02 Å². The predicted molar refractivity (Wildman–Crippen MR) is 51.7 cm³/mol. The number of phenols is 1. The zero-order valence-corrected chi connectivity index (χ0v) is 7.83. The fourth-order valence-corrected chi connectivity index (χ4v) is 1.28. The van der Waals surface area contributed by atoms with E-state index in [1.165, 1.54) is 6.07 Å². The molecule has 1 atom stereocenters. The van der Waals surface area contributed by atoms with Crippen LogP contribution in [0.1, 0.15) is 18.1 Å². The quantitative estimate of drug-likeness (QED) is 0.693. The van der Waals surface area contributed by atoms with Crippen LogP contribution in [0.4, 0.5) is 0 Å². The van der Waals surface area contributed by atoms with Gasteiger partial charge < -0.3 is 15.9 Å². The van der Waals surface area contributed by atoms with Gasteiger partial charge in [-0.3, -0.25) is 0 Å². The lowest BCUT2D eigenvalue weighted by molar-refractivity contribution is 0.166. The summed E-state index contributed by atoms with van der Waals surface area (Å²) in [6, 6.07) is 4.62. The first kappa shape index (κ1) is 10.3. The molecule has 0 saturated carbocycles. The van der Waals surface area contributed by atoms with Crippen LogP contribution >= 0.6 is 11.6 Å². The normalized spacial score (nSPS) is 12.8. The molecular weight excluding hydrogens is 190 g/mol. The minimum absolute atomic E-state index is 0.00782. The van der Waals surface area contributed by atoms with Gasteiger partial charge in [-0.25, -0.2) is 0 Å². The third-order valence-electron chi connectivity index (χ3n) is 1.79. The lowest BCUT2D eigenvalue weighted by atomic mass is 10.1. The highest BCUT2D eigenvalue weighted by Crippen LogP contribution is 2.28. The van der Waals surface area contributed by atoms with Gasteiger partial charge in [-0.2, -0.15) is 0 Å². The van der Waals surface area contributed by atoms with Crippen molar-refractivity contribution in [1.82, 2.24) is 0 Å². The molecule has 0 heterocycles. The fraction of sp³-hybridized carbons (Fsp3) is 0.333. The molecule has 0 fully saturated rings. The third kappa shape index (κ3) is 2.59. The Hall–Kier alpha value is -0.770. The topological polar surface area (TPSA) is 66.5 Å². The van der Waals surface area contributed by atoms with Crippen molar-refractivity contribution < 1.29 is 10.2 Å². The van der Waals surface area contributed by atoms with E-state index >= 15 is 0 Å². The number of nitrogens with two attached hydrogens (primary N) is 1. The first-order chi connectivity index (χ1) is 6.15. The zero-order chi connectivity index (χ0) is 9.84. The second kappa shape index (κ2) is 4.46. The number of aliphatic hydroxyl groups is 1. The molecule has 0 saturated heterocycles. The number of aliphatic hydroxyl groups excluding tert-OH is 1. The lowest BCUT2D eigenvalue weighted by Crippen LogP contribution is -2.06. The first-order valence-electron chi connectivity index (χ1n) is 4.01. The standard InChI is InChI=1S/C9H12ClNO2/c10-6-1-2-7(9(13)5-6)8(12)3-4-11/h1-2,5,8,12-13H,3-4,11H2. The monoisotopic (exact) mass is 201 g/mol. The van der Waals surface area contributed by atoms with Gasteiger partial charge >= 0.3 is 0 Å². The highest BCUT2D eigenvalue weighted by molar-refractivity contribution is 6.30. The van der Waals surface area contributed by atoms with E-state index in [0.29, 0.717) is 23.6 Å². The number of phenolic OH excluding ortho intramolecular Hbond substituents is 1. The minimum Gasteiger partial charge on any atom is -0.508 e. The summed E-state index contributed by atoms with van der Waals surface area (Å²) in [5, 5.41) is 19.4. The number of halogens is 1. The fourth-order valence-electron chi connectivity index (χ4n) is 1.11. The van der Waals surface area contributed by atoms with E-state index in [0.717, 1.165) is 0 Å².